The number of carboxylic acid groups (broad SMARTS) is 1. The second-order valence-corrected chi connectivity index (χ2v) is 8.65. The van der Waals surface area contributed by atoms with Gasteiger partial charge in [-0.2, -0.15) is 0 Å². The van der Waals surface area contributed by atoms with Gasteiger partial charge in [0.1, 0.15) is 5.65 Å². The van der Waals surface area contributed by atoms with Crippen LogP contribution in [0.5, 0.6) is 5.75 Å². The van der Waals surface area contributed by atoms with E-state index in [9.17, 15) is 24.6 Å². The number of hydrogen-bond donors (Lipinski definition) is 4. The van der Waals surface area contributed by atoms with Crippen LogP contribution >= 0.6 is 11.6 Å². The fourth-order valence-corrected chi connectivity index (χ4v) is 4.05. The number of anilines is 1. The first-order chi connectivity index (χ1) is 17.2. The zero-order chi connectivity index (χ0) is 25.8. The van der Waals surface area contributed by atoms with E-state index in [4.69, 9.17) is 11.6 Å². The van der Waals surface area contributed by atoms with E-state index in [1.54, 1.807) is 60.7 Å². The predicted octanol–water partition coefficient (Wildman–Crippen LogP) is 4.45. The van der Waals surface area contributed by atoms with Crippen molar-refractivity contribution >= 4 is 40.3 Å². The number of hydrogen-bond acceptors (Lipinski definition) is 5. The number of nitrogens with one attached hydrogen (secondary N) is 2. The van der Waals surface area contributed by atoms with E-state index in [1.165, 1.54) is 10.8 Å². The molecule has 0 radical (unpaired) electrons. The molecule has 2 heterocycles. The summed E-state index contributed by atoms with van der Waals surface area (Å²) in [7, 11) is 0. The number of carbonyl (C=O) groups is 2. The van der Waals surface area contributed by atoms with Crippen LogP contribution in [0.2, 0.25) is 5.02 Å². The molecule has 0 unspecified atom stereocenters. The minimum absolute atomic E-state index is 0.0492. The maximum absolute atomic E-state index is 13.4. The molecule has 0 fully saturated rings. The van der Waals surface area contributed by atoms with E-state index in [1.807, 2.05) is 6.92 Å². The van der Waals surface area contributed by atoms with Crippen molar-refractivity contribution in [2.45, 2.75) is 25.9 Å². The van der Waals surface area contributed by atoms with Gasteiger partial charge in [-0.15, -0.1) is 0 Å². The van der Waals surface area contributed by atoms with Gasteiger partial charge in [0.2, 0.25) is 0 Å². The number of rotatable bonds is 7. The van der Waals surface area contributed by atoms with E-state index < -0.39 is 29.4 Å². The van der Waals surface area contributed by atoms with Gasteiger partial charge in [0, 0.05) is 11.2 Å². The van der Waals surface area contributed by atoms with Crippen LogP contribution in [0.15, 0.2) is 71.7 Å². The molecule has 0 aliphatic heterocycles. The number of pyridine rings is 2. The minimum atomic E-state index is -1.11. The smallest absolute Gasteiger partial charge is 0.319 e. The fourth-order valence-electron chi connectivity index (χ4n) is 3.85. The topological polar surface area (TPSA) is 134 Å². The van der Waals surface area contributed by atoms with Crippen molar-refractivity contribution in [2.24, 2.45) is 0 Å². The molecule has 1 atom stereocenters. The molecule has 0 saturated carbocycles. The summed E-state index contributed by atoms with van der Waals surface area (Å²) >= 11 is 6.29. The quantitative estimate of drug-likeness (QED) is 0.292. The molecule has 2 aromatic carbocycles. The zero-order valence-corrected chi connectivity index (χ0v) is 20.0. The lowest BCUT2D eigenvalue weighted by atomic mass is 10.0. The lowest BCUT2D eigenvalue weighted by Crippen LogP contribution is -2.36. The number of aromatic nitrogens is 2. The van der Waals surface area contributed by atoms with Crippen molar-refractivity contribution in [1.29, 1.82) is 0 Å². The zero-order valence-electron chi connectivity index (χ0n) is 19.2. The van der Waals surface area contributed by atoms with Gasteiger partial charge in [0.05, 0.1) is 24.4 Å². The summed E-state index contributed by atoms with van der Waals surface area (Å²) in [5, 5.41) is 25.9. The number of aliphatic carboxylic acids is 1. The van der Waals surface area contributed by atoms with Crippen LogP contribution in [0.25, 0.3) is 11.0 Å². The first-order valence-corrected chi connectivity index (χ1v) is 11.4. The maximum atomic E-state index is 13.4. The Kier molecular flexibility index (Phi) is 7.21. The Labute approximate surface area is 211 Å². The van der Waals surface area contributed by atoms with Crippen LogP contribution < -0.4 is 16.2 Å². The maximum Gasteiger partial charge on any atom is 0.319 e. The highest BCUT2D eigenvalue weighted by atomic mass is 35.5. The average Bonchev–Trinajstić information content (AvgIpc) is 2.85. The third-order valence-electron chi connectivity index (χ3n) is 5.68. The van der Waals surface area contributed by atoms with Crippen molar-refractivity contribution in [2.75, 3.05) is 5.32 Å². The molecule has 0 spiro atoms. The second kappa shape index (κ2) is 10.5. The first-order valence-electron chi connectivity index (χ1n) is 11.0. The number of aryl methyl sites for hydroxylation is 1. The highest BCUT2D eigenvalue weighted by Crippen LogP contribution is 2.29. The van der Waals surface area contributed by atoms with Crippen LogP contribution in [-0.2, 0) is 11.3 Å². The highest BCUT2D eigenvalue weighted by Gasteiger charge is 2.22. The molecule has 2 amide bonds. The number of halogens is 1. The van der Waals surface area contributed by atoms with Crippen LogP contribution in [-0.4, -0.2) is 31.8 Å². The average molecular weight is 507 g/mol. The standard InChI is InChI=1S/C26H23ClN4O5/c1-15-8-10-16(11-9-15)20(13-21(32)33)29-26(36)30-22-23(34)18-6-4-12-28-24(18)31(25(22)35)14-17-5-2-3-7-19(17)27/h2-12,20,34H,13-14H2,1H3,(H,32,33)(H2,29,30,36)/t20-/m0/s1. The van der Waals surface area contributed by atoms with Crippen molar-refractivity contribution in [1.82, 2.24) is 14.9 Å². The summed E-state index contributed by atoms with van der Waals surface area (Å²) in [4.78, 5) is 42.0. The largest absolute Gasteiger partial charge is 0.505 e. The summed E-state index contributed by atoms with van der Waals surface area (Å²) in [5.74, 6) is -1.55. The number of fused-ring (bicyclic) bond motifs is 1. The first kappa shape index (κ1) is 24.7. The van der Waals surface area contributed by atoms with E-state index in [-0.39, 0.29) is 29.7 Å². The Bertz CT molecular complexity index is 1500. The Hall–Kier alpha value is -4.37. The van der Waals surface area contributed by atoms with Gasteiger partial charge in [0.25, 0.3) is 5.56 Å². The Morgan fingerprint density at radius 2 is 1.81 bits per heavy atom. The molecule has 9 nitrogen and oxygen atoms in total. The molecule has 4 aromatic rings. The normalized spacial score (nSPS) is 11.7. The van der Waals surface area contributed by atoms with Gasteiger partial charge in [0.15, 0.2) is 11.4 Å². The third-order valence-corrected chi connectivity index (χ3v) is 6.05. The Balaban J connectivity index is 1.70. The van der Waals surface area contributed by atoms with E-state index in [0.717, 1.165) is 5.56 Å². The number of aromatic hydroxyl groups is 1. The molecular formula is C26H23ClN4O5. The number of nitrogens with zero attached hydrogens (tertiary/aromatic N) is 2. The molecule has 4 rings (SSSR count). The predicted molar refractivity (Wildman–Crippen MR) is 137 cm³/mol. The lowest BCUT2D eigenvalue weighted by molar-refractivity contribution is -0.137. The summed E-state index contributed by atoms with van der Waals surface area (Å²) in [6.07, 6.45) is 1.11. The van der Waals surface area contributed by atoms with Crippen molar-refractivity contribution in [3.8, 4) is 5.75 Å². The van der Waals surface area contributed by atoms with E-state index in [2.05, 4.69) is 15.6 Å². The summed E-state index contributed by atoms with van der Waals surface area (Å²) in [6, 6.07) is 15.5. The molecule has 0 aliphatic rings. The van der Waals surface area contributed by atoms with Crippen LogP contribution in [0, 0.1) is 6.92 Å². The van der Waals surface area contributed by atoms with E-state index >= 15 is 0 Å². The molecule has 0 bridgehead atoms. The van der Waals surface area contributed by atoms with Gasteiger partial charge in [-0.3, -0.25) is 14.2 Å². The second-order valence-electron chi connectivity index (χ2n) is 8.24. The van der Waals surface area contributed by atoms with Crippen molar-refractivity contribution in [3.63, 3.8) is 0 Å². The molecule has 0 aliphatic carbocycles. The SMILES string of the molecule is Cc1ccc([C@H](CC(=O)O)NC(=O)Nc2c(O)c3cccnc3n(Cc3ccccc3Cl)c2=O)cc1. The molecule has 2 aromatic heterocycles. The number of benzene rings is 2. The fraction of sp³-hybridized carbons (Fsp3) is 0.154. The van der Waals surface area contributed by atoms with E-state index in [0.29, 0.717) is 16.1 Å². The van der Waals surface area contributed by atoms with Crippen LogP contribution in [0.1, 0.15) is 29.2 Å². The van der Waals surface area contributed by atoms with Gasteiger partial charge >= 0.3 is 12.0 Å². The van der Waals surface area contributed by atoms with Crippen LogP contribution in [0.3, 0.4) is 0 Å². The van der Waals surface area contributed by atoms with Crippen molar-refractivity contribution < 1.29 is 19.8 Å². The van der Waals surface area contributed by atoms with Gasteiger partial charge in [-0.05, 0) is 36.2 Å². The van der Waals surface area contributed by atoms with Gasteiger partial charge < -0.3 is 20.8 Å². The molecule has 36 heavy (non-hydrogen) atoms. The molecular weight excluding hydrogens is 484 g/mol. The lowest BCUT2D eigenvalue weighted by Gasteiger charge is -2.19. The molecule has 10 heteroatoms. The number of urea groups is 1. The summed E-state index contributed by atoms with van der Waals surface area (Å²) < 4.78 is 1.31. The summed E-state index contributed by atoms with van der Waals surface area (Å²) in [6.45, 7) is 1.94. The number of carboxylic acids is 1. The summed E-state index contributed by atoms with van der Waals surface area (Å²) in [5.41, 5.74) is 1.37. The van der Waals surface area contributed by atoms with Crippen LogP contribution in [0.4, 0.5) is 10.5 Å². The monoisotopic (exact) mass is 506 g/mol. The number of carbonyl (C=O) groups excluding carboxylic acids is 1. The molecule has 0 saturated heterocycles. The Morgan fingerprint density at radius 3 is 2.50 bits per heavy atom. The molecule has 4 N–H and O–H groups in total. The number of amides is 2. The van der Waals surface area contributed by atoms with Crippen molar-refractivity contribution in [3.05, 3.63) is 98.9 Å². The molecule has 184 valence electrons. The van der Waals surface area contributed by atoms with Gasteiger partial charge in [-0.1, -0.05) is 59.6 Å². The van der Waals surface area contributed by atoms with Gasteiger partial charge in [-0.25, -0.2) is 9.78 Å². The Morgan fingerprint density at radius 1 is 1.08 bits per heavy atom. The minimum Gasteiger partial charge on any atom is -0.505 e. The highest BCUT2D eigenvalue weighted by molar-refractivity contribution is 6.31. The third kappa shape index (κ3) is 5.31.